The number of hydrogen-bond donors (Lipinski definition) is 0. The zero-order valence-electron chi connectivity index (χ0n) is 19.1. The van der Waals surface area contributed by atoms with E-state index in [4.69, 9.17) is 16.3 Å². The van der Waals surface area contributed by atoms with Crippen LogP contribution in [-0.2, 0) is 16.0 Å². The third-order valence-corrected chi connectivity index (χ3v) is 7.13. The van der Waals surface area contributed by atoms with Gasteiger partial charge in [-0.25, -0.2) is 0 Å². The Balaban J connectivity index is 1.49. The van der Waals surface area contributed by atoms with Crippen LogP contribution in [0.2, 0.25) is 5.02 Å². The molecule has 0 fully saturated rings. The molecule has 2 amide bonds. The molecule has 3 aromatic rings. The van der Waals surface area contributed by atoms with E-state index < -0.39 is 0 Å². The van der Waals surface area contributed by atoms with E-state index in [1.54, 1.807) is 41.7 Å². The van der Waals surface area contributed by atoms with Crippen molar-refractivity contribution in [1.82, 2.24) is 9.80 Å². The highest BCUT2D eigenvalue weighted by atomic mass is 35.5. The Kier molecular flexibility index (Phi) is 7.70. The number of hydrogen-bond acceptors (Lipinski definition) is 4. The molecule has 176 valence electrons. The van der Waals surface area contributed by atoms with Crippen molar-refractivity contribution in [1.29, 1.82) is 0 Å². The molecule has 1 aliphatic heterocycles. The van der Waals surface area contributed by atoms with Gasteiger partial charge in [-0.2, -0.15) is 0 Å². The van der Waals surface area contributed by atoms with Crippen molar-refractivity contribution in [3.63, 3.8) is 0 Å². The summed E-state index contributed by atoms with van der Waals surface area (Å²) < 4.78 is 5.61. The third kappa shape index (κ3) is 5.51. The molecular formula is C27H27ClN2O3S. The number of fused-ring (bicyclic) bond motifs is 1. The van der Waals surface area contributed by atoms with Crippen molar-refractivity contribution in [2.24, 2.45) is 0 Å². The van der Waals surface area contributed by atoms with Crippen LogP contribution < -0.4 is 4.74 Å². The van der Waals surface area contributed by atoms with Crippen molar-refractivity contribution in [3.05, 3.63) is 99.2 Å². The first kappa shape index (κ1) is 24.0. The van der Waals surface area contributed by atoms with Gasteiger partial charge >= 0.3 is 0 Å². The van der Waals surface area contributed by atoms with Crippen LogP contribution in [-0.4, -0.2) is 47.9 Å². The number of thiophene rings is 1. The highest BCUT2D eigenvalue weighted by molar-refractivity contribution is 7.10. The summed E-state index contributed by atoms with van der Waals surface area (Å²) in [4.78, 5) is 31.1. The molecule has 7 heteroatoms. The minimum atomic E-state index is -0.275. The average Bonchev–Trinajstić information content (AvgIpc) is 3.32. The van der Waals surface area contributed by atoms with E-state index in [1.807, 2.05) is 4.90 Å². The Morgan fingerprint density at radius 1 is 1.18 bits per heavy atom. The first-order valence-electron chi connectivity index (χ1n) is 11.2. The summed E-state index contributed by atoms with van der Waals surface area (Å²) in [5.74, 6) is 0.176. The van der Waals surface area contributed by atoms with E-state index >= 15 is 0 Å². The van der Waals surface area contributed by atoms with Crippen molar-refractivity contribution in [3.8, 4) is 5.75 Å². The molecule has 1 aromatic heterocycles. The summed E-state index contributed by atoms with van der Waals surface area (Å²) in [6, 6.07) is 17.1. The Morgan fingerprint density at radius 2 is 1.91 bits per heavy atom. The molecule has 0 N–H and O–H groups in total. The number of carbonyl (C=O) groups excluding carboxylic acids is 2. The zero-order chi connectivity index (χ0) is 24.1. The fraction of sp³-hybridized carbons (Fsp3) is 0.259. The Bertz CT molecular complexity index is 1160. The van der Waals surface area contributed by atoms with Gasteiger partial charge in [0.25, 0.3) is 5.91 Å². The van der Waals surface area contributed by atoms with Crippen LogP contribution in [0.1, 0.15) is 27.6 Å². The molecule has 1 aliphatic rings. The molecule has 0 aliphatic carbocycles. The molecule has 1 unspecified atom stereocenters. The van der Waals surface area contributed by atoms with Crippen LogP contribution in [0, 0.1) is 6.92 Å². The van der Waals surface area contributed by atoms with Crippen LogP contribution in [0.5, 0.6) is 5.75 Å². The van der Waals surface area contributed by atoms with Crippen LogP contribution in [0.25, 0.3) is 0 Å². The van der Waals surface area contributed by atoms with Crippen LogP contribution >= 0.6 is 22.9 Å². The van der Waals surface area contributed by atoms with Gasteiger partial charge < -0.3 is 14.5 Å². The monoisotopic (exact) mass is 494 g/mol. The lowest BCUT2D eigenvalue weighted by atomic mass is 9.92. The summed E-state index contributed by atoms with van der Waals surface area (Å²) in [5, 5.41) is 2.68. The smallest absolute Gasteiger partial charge is 0.261 e. The summed E-state index contributed by atoms with van der Waals surface area (Å²) in [6.07, 6.45) is 2.44. The highest BCUT2D eigenvalue weighted by Gasteiger charge is 2.33. The van der Waals surface area contributed by atoms with Crippen LogP contribution in [0.15, 0.2) is 72.6 Å². The van der Waals surface area contributed by atoms with E-state index in [1.165, 1.54) is 20.9 Å². The van der Waals surface area contributed by atoms with Crippen molar-refractivity contribution >= 4 is 34.8 Å². The maximum Gasteiger partial charge on any atom is 0.261 e. The molecule has 5 nitrogen and oxygen atoms in total. The second-order valence-corrected chi connectivity index (χ2v) is 9.69. The van der Waals surface area contributed by atoms with E-state index in [2.05, 4.69) is 49.2 Å². The van der Waals surface area contributed by atoms with E-state index in [-0.39, 0.29) is 37.6 Å². The minimum Gasteiger partial charge on any atom is -0.484 e. The van der Waals surface area contributed by atoms with Gasteiger partial charge in [-0.15, -0.1) is 17.9 Å². The highest BCUT2D eigenvalue weighted by Crippen LogP contribution is 2.38. The summed E-state index contributed by atoms with van der Waals surface area (Å²) in [7, 11) is 0. The Hall–Kier alpha value is -3.09. The van der Waals surface area contributed by atoms with E-state index in [9.17, 15) is 9.59 Å². The summed E-state index contributed by atoms with van der Waals surface area (Å²) in [5.41, 5.74) is 3.42. The predicted molar refractivity (Wildman–Crippen MR) is 136 cm³/mol. The number of rotatable bonds is 8. The van der Waals surface area contributed by atoms with Gasteiger partial charge in [0.05, 0.1) is 6.04 Å². The topological polar surface area (TPSA) is 49.9 Å². The van der Waals surface area contributed by atoms with Gasteiger partial charge in [0, 0.05) is 23.0 Å². The first-order chi connectivity index (χ1) is 16.5. The maximum absolute atomic E-state index is 13.5. The molecule has 0 spiro atoms. The summed E-state index contributed by atoms with van der Waals surface area (Å²) >= 11 is 7.63. The van der Waals surface area contributed by atoms with Crippen LogP contribution in [0.3, 0.4) is 0 Å². The summed E-state index contributed by atoms with van der Waals surface area (Å²) in [6.45, 7) is 6.48. The maximum atomic E-state index is 13.5. The molecule has 2 heterocycles. The molecule has 0 saturated carbocycles. The van der Waals surface area contributed by atoms with Gasteiger partial charge in [0.2, 0.25) is 5.91 Å². The Morgan fingerprint density at radius 3 is 2.62 bits per heavy atom. The minimum absolute atomic E-state index is 0.0311. The number of nitrogens with zero attached hydrogens (tertiary/aromatic N) is 2. The number of halogens is 1. The number of benzene rings is 2. The molecule has 4 rings (SSSR count). The molecule has 2 aromatic carbocycles. The van der Waals surface area contributed by atoms with Gasteiger partial charge in [-0.05, 0) is 60.2 Å². The van der Waals surface area contributed by atoms with Crippen LogP contribution in [0.4, 0.5) is 0 Å². The number of amides is 2. The van der Waals surface area contributed by atoms with Crippen molar-refractivity contribution < 1.29 is 14.3 Å². The SMILES string of the molecule is C=CCN(CC(=O)N1CCc2sccc2C1c1ccc(C)cc1)C(=O)COc1ccc(Cl)cc1. The number of ether oxygens (including phenoxy) is 1. The Labute approximate surface area is 209 Å². The number of aryl methyl sites for hydroxylation is 1. The lowest BCUT2D eigenvalue weighted by Crippen LogP contribution is -2.47. The largest absolute Gasteiger partial charge is 0.484 e. The van der Waals surface area contributed by atoms with Gasteiger partial charge in [-0.1, -0.05) is 47.5 Å². The lowest BCUT2D eigenvalue weighted by molar-refractivity contribution is -0.142. The molecule has 1 atom stereocenters. The molecule has 0 saturated heterocycles. The van der Waals surface area contributed by atoms with Gasteiger partial charge in [-0.3, -0.25) is 9.59 Å². The van der Waals surface area contributed by atoms with E-state index in [0.29, 0.717) is 17.3 Å². The lowest BCUT2D eigenvalue weighted by Gasteiger charge is -2.37. The standard InChI is InChI=1S/C27H27ClN2O3S/c1-3-14-29(26(32)18-33-22-10-8-21(28)9-11-22)17-25(31)30-15-12-24-23(13-16-34-24)27(30)20-6-4-19(2)5-7-20/h3-11,13,16,27H,1,12,14-15,17-18H2,2H3. The van der Waals surface area contributed by atoms with Crippen molar-refractivity contribution in [2.75, 3.05) is 26.2 Å². The zero-order valence-corrected chi connectivity index (χ0v) is 20.6. The number of carbonyl (C=O) groups is 2. The van der Waals surface area contributed by atoms with Crippen molar-refractivity contribution in [2.45, 2.75) is 19.4 Å². The normalized spacial score (nSPS) is 14.9. The molecule has 0 radical (unpaired) electrons. The first-order valence-corrected chi connectivity index (χ1v) is 12.4. The fourth-order valence-corrected chi connectivity index (χ4v) is 5.15. The fourth-order valence-electron chi connectivity index (χ4n) is 4.12. The second-order valence-electron chi connectivity index (χ2n) is 8.26. The molecular weight excluding hydrogens is 468 g/mol. The quantitative estimate of drug-likeness (QED) is 0.400. The second kappa shape index (κ2) is 10.9. The average molecular weight is 495 g/mol. The van der Waals surface area contributed by atoms with Gasteiger partial charge in [0.1, 0.15) is 12.3 Å². The third-order valence-electron chi connectivity index (χ3n) is 5.88. The molecule has 0 bridgehead atoms. The predicted octanol–water partition coefficient (Wildman–Crippen LogP) is 5.28. The molecule has 34 heavy (non-hydrogen) atoms. The van der Waals surface area contributed by atoms with Gasteiger partial charge in [0.15, 0.2) is 6.61 Å². The van der Waals surface area contributed by atoms with E-state index in [0.717, 1.165) is 12.0 Å².